The summed E-state index contributed by atoms with van der Waals surface area (Å²) in [7, 11) is 0. The van der Waals surface area contributed by atoms with Crippen molar-refractivity contribution in [3.05, 3.63) is 41.9 Å². The summed E-state index contributed by atoms with van der Waals surface area (Å²) in [6.07, 6.45) is 3.65. The van der Waals surface area contributed by atoms with Crippen molar-refractivity contribution in [3.63, 3.8) is 0 Å². The number of H-pyrrole nitrogens is 1. The lowest BCUT2D eigenvalue weighted by Crippen LogP contribution is -2.07. The molecule has 6 heteroatoms. The molecule has 3 heterocycles. The van der Waals surface area contributed by atoms with Gasteiger partial charge in [0.1, 0.15) is 0 Å². The van der Waals surface area contributed by atoms with Gasteiger partial charge in [-0.05, 0) is 26.0 Å². The predicted octanol–water partition coefficient (Wildman–Crippen LogP) is 1.93. The van der Waals surface area contributed by atoms with Gasteiger partial charge in [0.25, 0.3) is 0 Å². The molecular formula is C12H14N6. The van der Waals surface area contributed by atoms with Gasteiger partial charge in [-0.1, -0.05) is 6.07 Å². The summed E-state index contributed by atoms with van der Waals surface area (Å²) in [5.74, 6) is 0.623. The second-order valence-electron chi connectivity index (χ2n) is 4.27. The smallest absolute Gasteiger partial charge is 0.243 e. The summed E-state index contributed by atoms with van der Waals surface area (Å²) >= 11 is 0. The van der Waals surface area contributed by atoms with Gasteiger partial charge in [-0.2, -0.15) is 10.1 Å². The van der Waals surface area contributed by atoms with E-state index >= 15 is 0 Å². The molecule has 6 nitrogen and oxygen atoms in total. The fraction of sp³-hybridized carbons (Fsp3) is 0.250. The maximum Gasteiger partial charge on any atom is 0.243 e. The van der Waals surface area contributed by atoms with E-state index in [4.69, 9.17) is 0 Å². The molecule has 3 aromatic heterocycles. The first-order valence-corrected chi connectivity index (χ1v) is 5.81. The summed E-state index contributed by atoms with van der Waals surface area (Å²) in [5, 5.41) is 14.4. The maximum atomic E-state index is 4.43. The third kappa shape index (κ3) is 1.81. The van der Waals surface area contributed by atoms with Crippen molar-refractivity contribution in [2.45, 2.75) is 19.9 Å². The molecule has 92 valence electrons. The van der Waals surface area contributed by atoms with Crippen LogP contribution in [0.2, 0.25) is 0 Å². The zero-order valence-electron chi connectivity index (χ0n) is 10.3. The summed E-state index contributed by atoms with van der Waals surface area (Å²) in [4.78, 5) is 4.43. The number of hydrogen-bond acceptors (Lipinski definition) is 4. The zero-order valence-corrected chi connectivity index (χ0v) is 10.3. The van der Waals surface area contributed by atoms with Crippen LogP contribution in [0.3, 0.4) is 0 Å². The van der Waals surface area contributed by atoms with Gasteiger partial charge in [0, 0.05) is 17.5 Å². The lowest BCUT2D eigenvalue weighted by molar-refractivity contribution is 0.846. The lowest BCUT2D eigenvalue weighted by atomic mass is 10.2. The monoisotopic (exact) mass is 242 g/mol. The van der Waals surface area contributed by atoms with E-state index in [0.717, 1.165) is 16.9 Å². The Labute approximate surface area is 104 Å². The van der Waals surface area contributed by atoms with Crippen LogP contribution in [0.25, 0.3) is 5.65 Å². The van der Waals surface area contributed by atoms with E-state index in [-0.39, 0.29) is 6.04 Å². The van der Waals surface area contributed by atoms with E-state index < -0.39 is 0 Å². The molecule has 1 atom stereocenters. The Morgan fingerprint density at radius 2 is 2.28 bits per heavy atom. The molecule has 0 aliphatic heterocycles. The molecule has 0 aromatic carbocycles. The normalized spacial score (nSPS) is 12.8. The number of anilines is 1. The number of aryl methyl sites for hydroxylation is 1. The number of aromatic amines is 1. The Balaban J connectivity index is 1.89. The van der Waals surface area contributed by atoms with Gasteiger partial charge in [0.2, 0.25) is 5.95 Å². The second kappa shape index (κ2) is 4.14. The number of pyridine rings is 1. The summed E-state index contributed by atoms with van der Waals surface area (Å²) in [5.41, 5.74) is 2.98. The molecule has 0 radical (unpaired) electrons. The number of rotatable bonds is 3. The van der Waals surface area contributed by atoms with Crippen LogP contribution in [-0.2, 0) is 0 Å². The van der Waals surface area contributed by atoms with E-state index in [1.807, 2.05) is 42.8 Å². The Bertz CT molecular complexity index is 654. The summed E-state index contributed by atoms with van der Waals surface area (Å²) in [6, 6.07) is 6.03. The van der Waals surface area contributed by atoms with Crippen LogP contribution in [0.1, 0.15) is 24.2 Å². The minimum atomic E-state index is 0.112. The summed E-state index contributed by atoms with van der Waals surface area (Å²) < 4.78 is 1.82. The molecule has 18 heavy (non-hydrogen) atoms. The second-order valence-corrected chi connectivity index (χ2v) is 4.27. The van der Waals surface area contributed by atoms with Crippen LogP contribution in [0.5, 0.6) is 0 Å². The highest BCUT2D eigenvalue weighted by Gasteiger charge is 2.10. The largest absolute Gasteiger partial charge is 0.346 e. The Kier molecular flexibility index (Phi) is 2.47. The topological polar surface area (TPSA) is 70.9 Å². The lowest BCUT2D eigenvalue weighted by Gasteiger charge is -2.08. The molecule has 0 saturated heterocycles. The SMILES string of the molecule is Cc1cccc2nc(NC(C)c3cn[nH]c3)nn12. The Morgan fingerprint density at radius 3 is 3.00 bits per heavy atom. The van der Waals surface area contributed by atoms with Crippen molar-refractivity contribution < 1.29 is 0 Å². The first-order chi connectivity index (χ1) is 8.74. The quantitative estimate of drug-likeness (QED) is 0.736. The number of hydrogen-bond donors (Lipinski definition) is 2. The minimum Gasteiger partial charge on any atom is -0.346 e. The number of fused-ring (bicyclic) bond motifs is 1. The number of nitrogens with one attached hydrogen (secondary N) is 2. The molecule has 0 saturated carbocycles. The van der Waals surface area contributed by atoms with Gasteiger partial charge in [0.05, 0.1) is 12.2 Å². The molecule has 2 N–H and O–H groups in total. The van der Waals surface area contributed by atoms with Crippen molar-refractivity contribution in [1.82, 2.24) is 24.8 Å². The van der Waals surface area contributed by atoms with E-state index in [1.165, 1.54) is 0 Å². The first-order valence-electron chi connectivity index (χ1n) is 5.81. The van der Waals surface area contributed by atoms with Crippen molar-refractivity contribution in [1.29, 1.82) is 0 Å². The maximum absolute atomic E-state index is 4.43. The third-order valence-electron chi connectivity index (χ3n) is 2.91. The van der Waals surface area contributed by atoms with E-state index in [1.54, 1.807) is 6.20 Å². The van der Waals surface area contributed by atoms with Gasteiger partial charge < -0.3 is 5.32 Å². The van der Waals surface area contributed by atoms with Gasteiger partial charge in [-0.25, -0.2) is 4.52 Å². The van der Waals surface area contributed by atoms with Crippen molar-refractivity contribution >= 4 is 11.6 Å². The molecule has 0 bridgehead atoms. The Hall–Kier alpha value is -2.37. The standard InChI is InChI=1S/C12H14N6/c1-8-4-3-5-11-16-12(17-18(8)11)15-9(2)10-6-13-14-7-10/h3-7,9H,1-2H3,(H,13,14)(H,15,17). The highest BCUT2D eigenvalue weighted by atomic mass is 15.4. The van der Waals surface area contributed by atoms with Gasteiger partial charge in [-0.3, -0.25) is 5.10 Å². The molecule has 0 aliphatic rings. The molecular weight excluding hydrogens is 228 g/mol. The van der Waals surface area contributed by atoms with E-state index in [9.17, 15) is 0 Å². The van der Waals surface area contributed by atoms with E-state index in [0.29, 0.717) is 5.95 Å². The van der Waals surface area contributed by atoms with Gasteiger partial charge >= 0.3 is 0 Å². The fourth-order valence-corrected chi connectivity index (χ4v) is 1.87. The van der Waals surface area contributed by atoms with Gasteiger partial charge in [-0.15, -0.1) is 5.10 Å². The highest BCUT2D eigenvalue weighted by molar-refractivity contribution is 5.45. The summed E-state index contributed by atoms with van der Waals surface area (Å²) in [6.45, 7) is 4.05. The molecule has 0 fully saturated rings. The molecule has 0 aliphatic carbocycles. The highest BCUT2D eigenvalue weighted by Crippen LogP contribution is 2.16. The molecule has 3 rings (SSSR count). The number of aromatic nitrogens is 5. The van der Waals surface area contributed by atoms with Crippen molar-refractivity contribution in [2.24, 2.45) is 0 Å². The predicted molar refractivity (Wildman–Crippen MR) is 68.3 cm³/mol. The van der Waals surface area contributed by atoms with E-state index in [2.05, 4.69) is 25.6 Å². The van der Waals surface area contributed by atoms with Crippen LogP contribution >= 0.6 is 0 Å². The zero-order chi connectivity index (χ0) is 12.5. The average Bonchev–Trinajstić information content (AvgIpc) is 2.97. The molecule has 3 aromatic rings. The van der Waals surface area contributed by atoms with Crippen LogP contribution in [-0.4, -0.2) is 24.8 Å². The molecule has 1 unspecified atom stereocenters. The van der Waals surface area contributed by atoms with Crippen LogP contribution in [0, 0.1) is 6.92 Å². The van der Waals surface area contributed by atoms with Crippen LogP contribution in [0.15, 0.2) is 30.6 Å². The van der Waals surface area contributed by atoms with Crippen molar-refractivity contribution in [3.8, 4) is 0 Å². The average molecular weight is 242 g/mol. The Morgan fingerprint density at radius 1 is 1.39 bits per heavy atom. The first kappa shape index (κ1) is 10.8. The van der Waals surface area contributed by atoms with Crippen LogP contribution < -0.4 is 5.32 Å². The molecule has 0 spiro atoms. The third-order valence-corrected chi connectivity index (χ3v) is 2.91. The van der Waals surface area contributed by atoms with Crippen LogP contribution in [0.4, 0.5) is 5.95 Å². The number of nitrogens with zero attached hydrogens (tertiary/aromatic N) is 4. The molecule has 0 amide bonds. The minimum absolute atomic E-state index is 0.112. The van der Waals surface area contributed by atoms with Gasteiger partial charge in [0.15, 0.2) is 5.65 Å². The van der Waals surface area contributed by atoms with Crippen molar-refractivity contribution in [2.75, 3.05) is 5.32 Å². The fourth-order valence-electron chi connectivity index (χ4n) is 1.87.